The van der Waals surface area contributed by atoms with Gasteiger partial charge in [0, 0.05) is 13.1 Å². The molecule has 0 bridgehead atoms. The van der Waals surface area contributed by atoms with Crippen molar-refractivity contribution in [3.05, 3.63) is 50.9 Å². The first-order valence-electron chi connectivity index (χ1n) is 5.66. The van der Waals surface area contributed by atoms with E-state index in [0.717, 1.165) is 0 Å². The van der Waals surface area contributed by atoms with E-state index in [-0.39, 0.29) is 18.0 Å². The molecule has 0 aliphatic carbocycles. The third-order valence-corrected chi connectivity index (χ3v) is 3.09. The van der Waals surface area contributed by atoms with Crippen molar-refractivity contribution in [3.63, 3.8) is 0 Å². The molecule has 0 aliphatic heterocycles. The van der Waals surface area contributed by atoms with E-state index in [1.54, 1.807) is 31.6 Å². The SMILES string of the molecule is CNc1cnc(COc2c(Br)cccc2[N+](=O)[O-])cn1. The lowest BCUT2D eigenvalue weighted by Gasteiger charge is -2.08. The number of benzene rings is 1. The first-order chi connectivity index (χ1) is 9.61. The van der Waals surface area contributed by atoms with Crippen molar-refractivity contribution in [2.75, 3.05) is 12.4 Å². The molecule has 0 saturated carbocycles. The summed E-state index contributed by atoms with van der Waals surface area (Å²) in [5.74, 6) is 0.817. The minimum Gasteiger partial charge on any atom is -0.479 e. The molecule has 0 unspecified atom stereocenters. The van der Waals surface area contributed by atoms with E-state index in [1.807, 2.05) is 0 Å². The van der Waals surface area contributed by atoms with Crippen LogP contribution in [0.1, 0.15) is 5.69 Å². The predicted molar refractivity (Wildman–Crippen MR) is 76.7 cm³/mol. The van der Waals surface area contributed by atoms with Crippen molar-refractivity contribution in [1.82, 2.24) is 9.97 Å². The van der Waals surface area contributed by atoms with Crippen molar-refractivity contribution in [2.45, 2.75) is 6.61 Å². The van der Waals surface area contributed by atoms with Crippen molar-refractivity contribution in [1.29, 1.82) is 0 Å². The third kappa shape index (κ3) is 3.21. The summed E-state index contributed by atoms with van der Waals surface area (Å²) < 4.78 is 6.00. The van der Waals surface area contributed by atoms with Crippen LogP contribution in [-0.4, -0.2) is 21.9 Å². The molecule has 0 atom stereocenters. The Morgan fingerprint density at radius 1 is 1.40 bits per heavy atom. The van der Waals surface area contributed by atoms with Gasteiger partial charge in [0.2, 0.25) is 5.75 Å². The van der Waals surface area contributed by atoms with E-state index >= 15 is 0 Å². The van der Waals surface area contributed by atoms with Gasteiger partial charge in [-0.2, -0.15) is 0 Å². The normalized spacial score (nSPS) is 10.1. The number of nitro benzene ring substituents is 1. The summed E-state index contributed by atoms with van der Waals surface area (Å²) in [6.45, 7) is 0.0977. The van der Waals surface area contributed by atoms with E-state index < -0.39 is 4.92 Å². The van der Waals surface area contributed by atoms with Crippen molar-refractivity contribution in [2.24, 2.45) is 0 Å². The molecule has 1 aromatic carbocycles. The number of nitro groups is 1. The Kier molecular flexibility index (Phi) is 4.46. The molecule has 0 fully saturated rings. The van der Waals surface area contributed by atoms with Crippen LogP contribution in [-0.2, 0) is 6.61 Å². The molecule has 7 nitrogen and oxygen atoms in total. The maximum Gasteiger partial charge on any atom is 0.312 e. The number of halogens is 1. The van der Waals surface area contributed by atoms with Gasteiger partial charge in [0.15, 0.2) is 0 Å². The summed E-state index contributed by atoms with van der Waals surface area (Å²) in [4.78, 5) is 18.7. The molecular weight excluding hydrogens is 328 g/mol. The predicted octanol–water partition coefficient (Wildman–Crippen LogP) is 2.77. The fraction of sp³-hybridized carbons (Fsp3) is 0.167. The molecule has 1 heterocycles. The highest BCUT2D eigenvalue weighted by atomic mass is 79.9. The number of rotatable bonds is 5. The maximum atomic E-state index is 10.9. The molecule has 0 amide bonds. The number of nitrogens with one attached hydrogen (secondary N) is 1. The lowest BCUT2D eigenvalue weighted by atomic mass is 10.3. The molecule has 104 valence electrons. The highest BCUT2D eigenvalue weighted by Crippen LogP contribution is 2.35. The molecule has 8 heteroatoms. The van der Waals surface area contributed by atoms with E-state index in [0.29, 0.717) is 16.0 Å². The number of anilines is 1. The van der Waals surface area contributed by atoms with Crippen molar-refractivity contribution >= 4 is 27.4 Å². The molecule has 0 saturated heterocycles. The lowest BCUT2D eigenvalue weighted by Crippen LogP contribution is -2.03. The number of aromatic nitrogens is 2. The second-order valence-electron chi connectivity index (χ2n) is 3.78. The van der Waals surface area contributed by atoms with E-state index in [9.17, 15) is 10.1 Å². The molecule has 0 spiro atoms. The number of hydrogen-bond donors (Lipinski definition) is 1. The molecule has 1 N–H and O–H groups in total. The monoisotopic (exact) mass is 338 g/mol. The molecule has 20 heavy (non-hydrogen) atoms. The van der Waals surface area contributed by atoms with Crippen LogP contribution < -0.4 is 10.1 Å². The Hall–Kier alpha value is -2.22. The van der Waals surface area contributed by atoms with Crippen LogP contribution in [0.3, 0.4) is 0 Å². The second-order valence-corrected chi connectivity index (χ2v) is 4.63. The van der Waals surface area contributed by atoms with Crippen molar-refractivity contribution < 1.29 is 9.66 Å². The molecule has 0 aliphatic rings. The van der Waals surface area contributed by atoms with Gasteiger partial charge in [-0.05, 0) is 22.0 Å². The minimum absolute atomic E-state index is 0.0977. The van der Waals surface area contributed by atoms with Crippen LogP contribution in [0.4, 0.5) is 11.5 Å². The summed E-state index contributed by atoms with van der Waals surface area (Å²) in [5.41, 5.74) is 0.480. The average Bonchev–Trinajstić information content (AvgIpc) is 2.46. The van der Waals surface area contributed by atoms with E-state index in [4.69, 9.17) is 4.74 Å². The summed E-state index contributed by atoms with van der Waals surface area (Å²) in [6, 6.07) is 4.64. The van der Waals surface area contributed by atoms with E-state index in [2.05, 4.69) is 31.2 Å². The second kappa shape index (κ2) is 6.29. The molecule has 2 aromatic rings. The zero-order chi connectivity index (χ0) is 14.5. The highest BCUT2D eigenvalue weighted by Gasteiger charge is 2.18. The first-order valence-corrected chi connectivity index (χ1v) is 6.45. The zero-order valence-corrected chi connectivity index (χ0v) is 12.1. The number of ether oxygens (including phenoxy) is 1. The Labute approximate surface area is 123 Å². The Morgan fingerprint density at radius 3 is 2.80 bits per heavy atom. The minimum atomic E-state index is -0.490. The van der Waals surface area contributed by atoms with Crippen molar-refractivity contribution in [3.8, 4) is 5.75 Å². The number of hydrogen-bond acceptors (Lipinski definition) is 6. The fourth-order valence-corrected chi connectivity index (χ4v) is 1.96. The molecule has 2 rings (SSSR count). The van der Waals surface area contributed by atoms with Crippen LogP contribution in [0.2, 0.25) is 0 Å². The summed E-state index contributed by atoms with van der Waals surface area (Å²) in [5, 5.41) is 13.8. The molecular formula is C12H11BrN4O3. The van der Waals surface area contributed by atoms with Crippen LogP contribution in [0.25, 0.3) is 0 Å². The summed E-state index contributed by atoms with van der Waals surface area (Å²) in [7, 11) is 1.74. The van der Waals surface area contributed by atoms with Gasteiger partial charge in [0.1, 0.15) is 12.4 Å². The number of nitrogens with zero attached hydrogens (tertiary/aromatic N) is 3. The Bertz CT molecular complexity index is 619. The molecule has 0 radical (unpaired) electrons. The quantitative estimate of drug-likeness (QED) is 0.665. The topological polar surface area (TPSA) is 90.2 Å². The Morgan fingerprint density at radius 2 is 2.20 bits per heavy atom. The van der Waals surface area contributed by atoms with Gasteiger partial charge in [0.25, 0.3) is 0 Å². The summed E-state index contributed by atoms with van der Waals surface area (Å²) in [6.07, 6.45) is 3.11. The fourth-order valence-electron chi connectivity index (χ4n) is 1.49. The molecule has 1 aromatic heterocycles. The smallest absolute Gasteiger partial charge is 0.312 e. The number of para-hydroxylation sites is 1. The van der Waals surface area contributed by atoms with Crippen LogP contribution in [0, 0.1) is 10.1 Å². The average molecular weight is 339 g/mol. The first kappa shape index (κ1) is 14.2. The van der Waals surface area contributed by atoms with E-state index in [1.165, 1.54) is 6.07 Å². The maximum absolute atomic E-state index is 10.9. The van der Waals surface area contributed by atoms with Gasteiger partial charge >= 0.3 is 5.69 Å². The summed E-state index contributed by atoms with van der Waals surface area (Å²) >= 11 is 3.24. The van der Waals surface area contributed by atoms with Crippen LogP contribution >= 0.6 is 15.9 Å². The van der Waals surface area contributed by atoms with Gasteiger partial charge in [-0.15, -0.1) is 0 Å². The zero-order valence-electron chi connectivity index (χ0n) is 10.5. The third-order valence-electron chi connectivity index (χ3n) is 2.47. The van der Waals surface area contributed by atoms with Gasteiger partial charge in [-0.25, -0.2) is 4.98 Å². The van der Waals surface area contributed by atoms with Gasteiger partial charge < -0.3 is 10.1 Å². The van der Waals surface area contributed by atoms with Gasteiger partial charge in [0.05, 0.1) is 27.5 Å². The largest absolute Gasteiger partial charge is 0.479 e. The standard InChI is InChI=1S/C12H11BrN4O3/c1-14-11-6-15-8(5-16-11)7-20-12-9(13)3-2-4-10(12)17(18)19/h2-6H,7H2,1H3,(H,14,16). The van der Waals surface area contributed by atoms with Gasteiger partial charge in [-0.1, -0.05) is 6.07 Å². The lowest BCUT2D eigenvalue weighted by molar-refractivity contribution is -0.386. The van der Waals surface area contributed by atoms with Gasteiger partial charge in [-0.3, -0.25) is 15.1 Å². The van der Waals surface area contributed by atoms with Crippen LogP contribution in [0.5, 0.6) is 5.75 Å². The highest BCUT2D eigenvalue weighted by molar-refractivity contribution is 9.10. The van der Waals surface area contributed by atoms with Crippen LogP contribution in [0.15, 0.2) is 35.1 Å². The Balaban J connectivity index is 2.16.